The van der Waals surface area contributed by atoms with E-state index in [2.05, 4.69) is 4.72 Å². The highest BCUT2D eigenvalue weighted by Crippen LogP contribution is 2.21. The Bertz CT molecular complexity index is 731. The number of nitrogen functional groups attached to an aromatic ring is 1. The van der Waals surface area contributed by atoms with Crippen molar-refractivity contribution in [3.8, 4) is 0 Å². The smallest absolute Gasteiger partial charge is 0.240 e. The fourth-order valence-corrected chi connectivity index (χ4v) is 3.31. The summed E-state index contributed by atoms with van der Waals surface area (Å²) in [7, 11) is -3.54. The summed E-state index contributed by atoms with van der Waals surface area (Å²) in [6.07, 6.45) is 0.476. The van der Waals surface area contributed by atoms with Crippen molar-refractivity contribution in [3.63, 3.8) is 0 Å². The van der Waals surface area contributed by atoms with Crippen LogP contribution in [0.4, 0.5) is 5.69 Å². The predicted octanol–water partition coefficient (Wildman–Crippen LogP) is 3.10. The normalized spacial score (nSPS) is 11.5. The Morgan fingerprint density at radius 2 is 1.71 bits per heavy atom. The lowest BCUT2D eigenvalue weighted by molar-refractivity contribution is 0.581. The van der Waals surface area contributed by atoms with Crippen molar-refractivity contribution < 1.29 is 8.42 Å². The molecule has 112 valence electrons. The van der Waals surface area contributed by atoms with Crippen molar-refractivity contribution in [2.75, 3.05) is 12.3 Å². The number of benzene rings is 2. The maximum absolute atomic E-state index is 12.1. The second kappa shape index (κ2) is 6.66. The zero-order valence-corrected chi connectivity index (χ0v) is 13.3. The Morgan fingerprint density at radius 1 is 1.05 bits per heavy atom. The van der Waals surface area contributed by atoms with Gasteiger partial charge in [-0.2, -0.15) is 0 Å². The van der Waals surface area contributed by atoms with Gasteiger partial charge in [0.15, 0.2) is 0 Å². The van der Waals surface area contributed by atoms with E-state index in [1.165, 1.54) is 12.1 Å². The number of halogens is 2. The Labute approximate surface area is 133 Å². The van der Waals surface area contributed by atoms with Crippen molar-refractivity contribution in [3.05, 3.63) is 58.1 Å². The molecule has 0 atom stereocenters. The number of sulfonamides is 1. The molecular formula is C14H14Cl2N2O2S. The summed E-state index contributed by atoms with van der Waals surface area (Å²) in [6.45, 7) is 0.244. The van der Waals surface area contributed by atoms with Gasteiger partial charge >= 0.3 is 0 Å². The second-order valence-electron chi connectivity index (χ2n) is 4.45. The van der Waals surface area contributed by atoms with Crippen LogP contribution in [0, 0.1) is 0 Å². The first-order valence-electron chi connectivity index (χ1n) is 6.17. The summed E-state index contributed by atoms with van der Waals surface area (Å²) in [5.41, 5.74) is 6.88. The molecular weight excluding hydrogens is 331 g/mol. The molecule has 21 heavy (non-hydrogen) atoms. The third kappa shape index (κ3) is 4.35. The number of hydrogen-bond acceptors (Lipinski definition) is 3. The highest BCUT2D eigenvalue weighted by atomic mass is 35.5. The minimum Gasteiger partial charge on any atom is -0.399 e. The first kappa shape index (κ1) is 16.1. The molecule has 0 bridgehead atoms. The second-order valence-corrected chi connectivity index (χ2v) is 7.06. The fourth-order valence-electron chi connectivity index (χ4n) is 1.77. The number of nitrogens with one attached hydrogen (secondary N) is 1. The van der Waals surface area contributed by atoms with Gasteiger partial charge in [-0.1, -0.05) is 29.3 Å². The van der Waals surface area contributed by atoms with E-state index in [0.717, 1.165) is 5.56 Å². The Hall–Kier alpha value is -1.27. The van der Waals surface area contributed by atoms with Crippen molar-refractivity contribution >= 4 is 38.9 Å². The standard InChI is InChI=1S/C14H14Cl2N2O2S/c15-11-2-1-10(14(16)9-11)7-8-18-21(19,20)13-5-3-12(17)4-6-13/h1-6,9,18H,7-8,17H2. The lowest BCUT2D eigenvalue weighted by Gasteiger charge is -2.08. The van der Waals surface area contributed by atoms with Gasteiger partial charge in [0, 0.05) is 22.3 Å². The van der Waals surface area contributed by atoms with Crippen LogP contribution in [0.1, 0.15) is 5.56 Å². The molecule has 0 heterocycles. The number of hydrogen-bond donors (Lipinski definition) is 2. The van der Waals surface area contributed by atoms with Gasteiger partial charge in [0.2, 0.25) is 10.0 Å². The first-order chi connectivity index (χ1) is 9.88. The summed E-state index contributed by atoms with van der Waals surface area (Å²) in [5, 5.41) is 1.07. The number of nitrogens with two attached hydrogens (primary N) is 1. The van der Waals surface area contributed by atoms with Gasteiger partial charge in [-0.15, -0.1) is 0 Å². The maximum Gasteiger partial charge on any atom is 0.240 e. The Balaban J connectivity index is 2.00. The molecule has 2 aromatic rings. The lowest BCUT2D eigenvalue weighted by atomic mass is 10.1. The maximum atomic E-state index is 12.1. The molecule has 0 aliphatic rings. The van der Waals surface area contributed by atoms with Crippen LogP contribution in [0.5, 0.6) is 0 Å². The largest absolute Gasteiger partial charge is 0.399 e. The molecule has 0 saturated carbocycles. The molecule has 0 amide bonds. The fraction of sp³-hybridized carbons (Fsp3) is 0.143. The van der Waals surface area contributed by atoms with Gasteiger partial charge in [-0.05, 0) is 48.4 Å². The molecule has 2 rings (SSSR count). The van der Waals surface area contributed by atoms with E-state index in [9.17, 15) is 8.42 Å². The summed E-state index contributed by atoms with van der Waals surface area (Å²) < 4.78 is 26.7. The van der Waals surface area contributed by atoms with Crippen LogP contribution >= 0.6 is 23.2 Å². The zero-order valence-electron chi connectivity index (χ0n) is 11.0. The quantitative estimate of drug-likeness (QED) is 0.818. The third-order valence-electron chi connectivity index (χ3n) is 2.89. The molecule has 0 radical (unpaired) electrons. The molecule has 0 aliphatic carbocycles. The van der Waals surface area contributed by atoms with Gasteiger partial charge in [0.05, 0.1) is 4.90 Å². The van der Waals surface area contributed by atoms with E-state index in [1.54, 1.807) is 30.3 Å². The van der Waals surface area contributed by atoms with Crippen LogP contribution < -0.4 is 10.5 Å². The van der Waals surface area contributed by atoms with Crippen LogP contribution in [-0.4, -0.2) is 15.0 Å². The molecule has 0 saturated heterocycles. The summed E-state index contributed by atoms with van der Waals surface area (Å²) in [4.78, 5) is 0.180. The average Bonchev–Trinajstić information content (AvgIpc) is 2.41. The van der Waals surface area contributed by atoms with Gasteiger partial charge in [-0.25, -0.2) is 13.1 Å². The first-order valence-corrected chi connectivity index (χ1v) is 8.41. The monoisotopic (exact) mass is 344 g/mol. The third-order valence-corrected chi connectivity index (χ3v) is 4.96. The highest BCUT2D eigenvalue weighted by Gasteiger charge is 2.13. The highest BCUT2D eigenvalue weighted by molar-refractivity contribution is 7.89. The van der Waals surface area contributed by atoms with Gasteiger partial charge < -0.3 is 5.73 Å². The predicted molar refractivity (Wildman–Crippen MR) is 86.2 cm³/mol. The van der Waals surface area contributed by atoms with E-state index in [-0.39, 0.29) is 11.4 Å². The number of anilines is 1. The summed E-state index contributed by atoms with van der Waals surface area (Å²) in [6, 6.07) is 11.2. The minimum absolute atomic E-state index is 0.180. The summed E-state index contributed by atoms with van der Waals surface area (Å²) in [5.74, 6) is 0. The molecule has 0 aliphatic heterocycles. The van der Waals surface area contributed by atoms with Crippen LogP contribution in [0.25, 0.3) is 0 Å². The molecule has 2 aromatic carbocycles. The van der Waals surface area contributed by atoms with Crippen LogP contribution in [0.3, 0.4) is 0 Å². The van der Waals surface area contributed by atoms with E-state index < -0.39 is 10.0 Å². The zero-order chi connectivity index (χ0) is 15.5. The van der Waals surface area contributed by atoms with Crippen molar-refractivity contribution in [1.29, 1.82) is 0 Å². The Morgan fingerprint density at radius 3 is 2.33 bits per heavy atom. The van der Waals surface area contributed by atoms with Gasteiger partial charge in [0.25, 0.3) is 0 Å². The molecule has 0 aromatic heterocycles. The molecule has 0 unspecified atom stereocenters. The topological polar surface area (TPSA) is 72.2 Å². The van der Waals surface area contributed by atoms with Gasteiger partial charge in [-0.3, -0.25) is 0 Å². The average molecular weight is 345 g/mol. The van der Waals surface area contributed by atoms with Crippen LogP contribution in [0.2, 0.25) is 10.0 Å². The van der Waals surface area contributed by atoms with E-state index in [0.29, 0.717) is 22.2 Å². The van der Waals surface area contributed by atoms with Crippen molar-refractivity contribution in [1.82, 2.24) is 4.72 Å². The molecule has 4 nitrogen and oxygen atoms in total. The molecule has 0 fully saturated rings. The summed E-state index contributed by atoms with van der Waals surface area (Å²) >= 11 is 11.8. The van der Waals surface area contributed by atoms with E-state index in [4.69, 9.17) is 28.9 Å². The van der Waals surface area contributed by atoms with E-state index in [1.807, 2.05) is 0 Å². The van der Waals surface area contributed by atoms with Crippen LogP contribution in [-0.2, 0) is 16.4 Å². The van der Waals surface area contributed by atoms with E-state index >= 15 is 0 Å². The van der Waals surface area contributed by atoms with Crippen LogP contribution in [0.15, 0.2) is 47.4 Å². The van der Waals surface area contributed by atoms with Gasteiger partial charge in [0.1, 0.15) is 0 Å². The molecule has 3 N–H and O–H groups in total. The van der Waals surface area contributed by atoms with Crippen molar-refractivity contribution in [2.45, 2.75) is 11.3 Å². The molecule has 0 spiro atoms. The minimum atomic E-state index is -3.54. The Kier molecular flexibility index (Phi) is 5.11. The van der Waals surface area contributed by atoms with Crippen molar-refractivity contribution in [2.24, 2.45) is 0 Å². The lowest BCUT2D eigenvalue weighted by Crippen LogP contribution is -2.26. The molecule has 7 heteroatoms. The SMILES string of the molecule is Nc1ccc(S(=O)(=O)NCCc2ccc(Cl)cc2Cl)cc1. The number of rotatable bonds is 5.